The van der Waals surface area contributed by atoms with Gasteiger partial charge in [0.2, 0.25) is 5.78 Å². The first-order valence-electron chi connectivity index (χ1n) is 7.04. The zero-order chi connectivity index (χ0) is 15.9. The van der Waals surface area contributed by atoms with E-state index in [9.17, 15) is 4.79 Å². The number of hydrogen-bond donors (Lipinski definition) is 1. The highest BCUT2D eigenvalue weighted by Crippen LogP contribution is 2.01. The van der Waals surface area contributed by atoms with Crippen molar-refractivity contribution in [2.24, 2.45) is 0 Å². The summed E-state index contributed by atoms with van der Waals surface area (Å²) in [6.07, 6.45) is 4.65. The van der Waals surface area contributed by atoms with Crippen molar-refractivity contribution in [1.29, 1.82) is 0 Å². The number of amides is 1. The van der Waals surface area contributed by atoms with Crippen LogP contribution in [0.5, 0.6) is 0 Å². The fourth-order valence-corrected chi connectivity index (χ4v) is 1.95. The Morgan fingerprint density at radius 2 is 2.09 bits per heavy atom. The molecule has 0 atom stereocenters. The van der Waals surface area contributed by atoms with Gasteiger partial charge in [-0.3, -0.25) is 4.40 Å². The van der Waals surface area contributed by atoms with Crippen LogP contribution in [-0.2, 0) is 11.3 Å². The number of nitrogens with zero attached hydrogens (tertiary/aromatic N) is 3. The van der Waals surface area contributed by atoms with E-state index in [1.807, 2.05) is 36.5 Å². The molecule has 1 aromatic carbocycles. The van der Waals surface area contributed by atoms with E-state index in [0.717, 1.165) is 5.56 Å². The first-order chi connectivity index (χ1) is 11.3. The lowest BCUT2D eigenvalue weighted by molar-refractivity contribution is 0.141. The van der Waals surface area contributed by atoms with Gasteiger partial charge in [-0.1, -0.05) is 36.3 Å². The van der Waals surface area contributed by atoms with Crippen LogP contribution in [0.1, 0.15) is 11.3 Å². The first-order valence-corrected chi connectivity index (χ1v) is 7.04. The summed E-state index contributed by atoms with van der Waals surface area (Å²) >= 11 is 0. The molecule has 0 saturated heterocycles. The van der Waals surface area contributed by atoms with Crippen molar-refractivity contribution in [3.8, 4) is 11.8 Å². The molecule has 0 aliphatic heterocycles. The van der Waals surface area contributed by atoms with Gasteiger partial charge >= 0.3 is 6.09 Å². The molecule has 6 nitrogen and oxygen atoms in total. The molecule has 23 heavy (non-hydrogen) atoms. The Kier molecular flexibility index (Phi) is 4.50. The van der Waals surface area contributed by atoms with E-state index in [-0.39, 0.29) is 13.2 Å². The molecule has 0 unspecified atom stereocenters. The van der Waals surface area contributed by atoms with Gasteiger partial charge in [-0.25, -0.2) is 14.8 Å². The summed E-state index contributed by atoms with van der Waals surface area (Å²) < 4.78 is 6.87. The van der Waals surface area contributed by atoms with Gasteiger partial charge in [-0.05, 0) is 17.6 Å². The molecule has 3 rings (SSSR count). The van der Waals surface area contributed by atoms with Crippen molar-refractivity contribution in [2.45, 2.75) is 6.61 Å². The average molecular weight is 306 g/mol. The van der Waals surface area contributed by atoms with Crippen molar-refractivity contribution in [2.75, 3.05) is 6.54 Å². The summed E-state index contributed by atoms with van der Waals surface area (Å²) in [5.41, 5.74) is 1.65. The smallest absolute Gasteiger partial charge is 0.408 e. The molecule has 0 aliphatic carbocycles. The van der Waals surface area contributed by atoms with Gasteiger partial charge in [0.15, 0.2) is 0 Å². The summed E-state index contributed by atoms with van der Waals surface area (Å²) in [4.78, 5) is 19.8. The van der Waals surface area contributed by atoms with E-state index in [1.165, 1.54) is 0 Å². The molecule has 2 aromatic heterocycles. The number of fused-ring (bicyclic) bond motifs is 1. The van der Waals surface area contributed by atoms with E-state index in [0.29, 0.717) is 11.5 Å². The number of benzene rings is 1. The normalized spacial score (nSPS) is 9.91. The number of imidazole rings is 1. The number of hydrogen-bond acceptors (Lipinski definition) is 4. The van der Waals surface area contributed by atoms with Crippen LogP contribution in [0.2, 0.25) is 0 Å². The van der Waals surface area contributed by atoms with Gasteiger partial charge in [0.25, 0.3) is 0 Å². The second-order valence-corrected chi connectivity index (χ2v) is 4.65. The van der Waals surface area contributed by atoms with Crippen LogP contribution < -0.4 is 5.32 Å². The minimum atomic E-state index is -0.497. The fourth-order valence-electron chi connectivity index (χ4n) is 1.95. The van der Waals surface area contributed by atoms with Crippen LogP contribution in [0.25, 0.3) is 5.78 Å². The lowest BCUT2D eigenvalue weighted by atomic mass is 10.2. The molecule has 1 amide bonds. The van der Waals surface area contributed by atoms with Crippen LogP contribution in [0.4, 0.5) is 4.79 Å². The lowest BCUT2D eigenvalue weighted by Gasteiger charge is -2.04. The largest absolute Gasteiger partial charge is 0.445 e. The molecule has 0 aliphatic rings. The van der Waals surface area contributed by atoms with E-state index in [4.69, 9.17) is 4.74 Å². The van der Waals surface area contributed by atoms with Crippen molar-refractivity contribution in [1.82, 2.24) is 19.7 Å². The van der Waals surface area contributed by atoms with Crippen molar-refractivity contribution in [3.63, 3.8) is 0 Å². The Morgan fingerprint density at radius 1 is 1.22 bits per heavy atom. The fraction of sp³-hybridized carbons (Fsp3) is 0.118. The maximum Gasteiger partial charge on any atom is 0.408 e. The maximum atomic E-state index is 11.6. The molecule has 1 N–H and O–H groups in total. The predicted molar refractivity (Wildman–Crippen MR) is 84.5 cm³/mol. The van der Waals surface area contributed by atoms with Gasteiger partial charge in [0.1, 0.15) is 12.3 Å². The SMILES string of the molecule is O=C(NCC#Cc1cnc2ncccn12)OCc1ccccc1. The van der Waals surface area contributed by atoms with Crippen molar-refractivity contribution >= 4 is 11.9 Å². The number of carbonyl (C=O) groups is 1. The zero-order valence-corrected chi connectivity index (χ0v) is 12.3. The van der Waals surface area contributed by atoms with Crippen LogP contribution in [0.3, 0.4) is 0 Å². The molecule has 0 fully saturated rings. The molecule has 0 saturated carbocycles. The monoisotopic (exact) mass is 306 g/mol. The summed E-state index contributed by atoms with van der Waals surface area (Å²) in [7, 11) is 0. The Balaban J connectivity index is 1.49. The van der Waals surface area contributed by atoms with Gasteiger partial charge < -0.3 is 10.1 Å². The number of carbonyl (C=O) groups excluding carboxylic acids is 1. The van der Waals surface area contributed by atoms with Crippen molar-refractivity contribution < 1.29 is 9.53 Å². The Hall–Kier alpha value is -3.33. The quantitative estimate of drug-likeness (QED) is 0.752. The first kappa shape index (κ1) is 14.6. The minimum Gasteiger partial charge on any atom is -0.445 e. The summed E-state index contributed by atoms with van der Waals surface area (Å²) in [5.74, 6) is 6.39. The molecule has 0 spiro atoms. The molecule has 0 bridgehead atoms. The third-order valence-corrected chi connectivity index (χ3v) is 3.04. The topological polar surface area (TPSA) is 68.5 Å². The Labute approximate surface area is 133 Å². The number of alkyl carbamates (subject to hydrolysis) is 1. The van der Waals surface area contributed by atoms with E-state index < -0.39 is 6.09 Å². The second kappa shape index (κ2) is 7.09. The Bertz CT molecular complexity index is 862. The molecule has 114 valence electrons. The molecule has 0 radical (unpaired) electrons. The van der Waals surface area contributed by atoms with Crippen LogP contribution in [-0.4, -0.2) is 27.0 Å². The Morgan fingerprint density at radius 3 is 2.96 bits per heavy atom. The number of nitrogens with one attached hydrogen (secondary N) is 1. The third-order valence-electron chi connectivity index (χ3n) is 3.04. The molecular weight excluding hydrogens is 292 g/mol. The molecular formula is C17H14N4O2. The summed E-state index contributed by atoms with van der Waals surface area (Å²) in [6, 6.07) is 11.3. The minimum absolute atomic E-state index is 0.196. The van der Waals surface area contributed by atoms with E-state index in [2.05, 4.69) is 27.1 Å². The summed E-state index contributed by atoms with van der Waals surface area (Å²) in [5, 5.41) is 2.58. The maximum absolute atomic E-state index is 11.6. The molecule has 6 heteroatoms. The lowest BCUT2D eigenvalue weighted by Crippen LogP contribution is -2.24. The van der Waals surface area contributed by atoms with Gasteiger partial charge in [0, 0.05) is 12.4 Å². The third kappa shape index (κ3) is 3.86. The molecule has 2 heterocycles. The van der Waals surface area contributed by atoms with Gasteiger partial charge in [-0.2, -0.15) is 0 Å². The number of rotatable bonds is 3. The van der Waals surface area contributed by atoms with Gasteiger partial charge in [0.05, 0.1) is 12.7 Å². The van der Waals surface area contributed by atoms with Crippen LogP contribution >= 0.6 is 0 Å². The highest BCUT2D eigenvalue weighted by Gasteiger charge is 2.01. The zero-order valence-electron chi connectivity index (χ0n) is 12.3. The van der Waals surface area contributed by atoms with Crippen LogP contribution in [0.15, 0.2) is 55.0 Å². The highest BCUT2D eigenvalue weighted by atomic mass is 16.5. The van der Waals surface area contributed by atoms with Crippen molar-refractivity contribution in [3.05, 3.63) is 66.2 Å². The van der Waals surface area contributed by atoms with E-state index in [1.54, 1.807) is 22.9 Å². The van der Waals surface area contributed by atoms with E-state index >= 15 is 0 Å². The van der Waals surface area contributed by atoms with Crippen LogP contribution in [0, 0.1) is 11.8 Å². The standard InChI is InChI=1S/C17H14N4O2/c22-17(23-13-14-6-2-1-3-7-14)19-9-4-8-15-12-20-16-18-10-5-11-21(15)16/h1-3,5-7,10-12H,9,13H2,(H,19,22). The second-order valence-electron chi connectivity index (χ2n) is 4.65. The van der Waals surface area contributed by atoms with Gasteiger partial charge in [-0.15, -0.1) is 0 Å². The highest BCUT2D eigenvalue weighted by molar-refractivity contribution is 5.67. The number of aromatic nitrogens is 3. The number of ether oxygens (including phenoxy) is 1. The summed E-state index contributed by atoms with van der Waals surface area (Å²) in [6.45, 7) is 0.431. The predicted octanol–water partition coefficient (Wildman–Crippen LogP) is 2.01. The molecule has 3 aromatic rings. The average Bonchev–Trinajstić information content (AvgIpc) is 3.01.